The number of carbonyl (C=O) groups is 2. The molecule has 4 rings (SSSR count). The predicted molar refractivity (Wildman–Crippen MR) is 109 cm³/mol. The summed E-state index contributed by atoms with van der Waals surface area (Å²) in [4.78, 5) is 27.6. The molecule has 0 spiro atoms. The van der Waals surface area contributed by atoms with Gasteiger partial charge in [-0.25, -0.2) is 0 Å². The number of carbonyl (C=O) groups excluding carboxylic acids is 2. The van der Waals surface area contributed by atoms with Gasteiger partial charge in [-0.1, -0.05) is 29.3 Å². The first-order valence-electron chi connectivity index (χ1n) is 9.62. The van der Waals surface area contributed by atoms with Crippen molar-refractivity contribution in [2.45, 2.75) is 26.7 Å². The Hall–Kier alpha value is -3.15. The summed E-state index contributed by atoms with van der Waals surface area (Å²) in [5.41, 5.74) is 4.37. The van der Waals surface area contributed by atoms with E-state index in [-0.39, 0.29) is 17.7 Å². The molecule has 1 aromatic heterocycles. The maximum absolute atomic E-state index is 13.0. The van der Waals surface area contributed by atoms with E-state index < -0.39 is 0 Å². The molecule has 1 saturated heterocycles. The van der Waals surface area contributed by atoms with Crippen LogP contribution in [-0.2, 0) is 4.79 Å². The quantitative estimate of drug-likeness (QED) is 0.732. The molecule has 144 valence electrons. The van der Waals surface area contributed by atoms with Crippen LogP contribution in [-0.4, -0.2) is 40.0 Å². The zero-order chi connectivity index (χ0) is 19.7. The molecule has 2 N–H and O–H groups in total. The van der Waals surface area contributed by atoms with Crippen LogP contribution in [0.2, 0.25) is 0 Å². The number of aromatic nitrogens is 2. The zero-order valence-electron chi connectivity index (χ0n) is 16.2. The summed E-state index contributed by atoms with van der Waals surface area (Å²) in [7, 11) is 0. The van der Waals surface area contributed by atoms with E-state index in [0.29, 0.717) is 18.7 Å². The van der Waals surface area contributed by atoms with Crippen molar-refractivity contribution in [1.82, 2.24) is 15.1 Å². The molecule has 1 fully saturated rings. The summed E-state index contributed by atoms with van der Waals surface area (Å²) in [6.45, 7) is 5.11. The largest absolute Gasteiger partial charge is 0.338 e. The fourth-order valence-electron chi connectivity index (χ4n) is 3.96. The molecular weight excluding hydrogens is 352 g/mol. The van der Waals surface area contributed by atoms with Crippen molar-refractivity contribution in [3.05, 3.63) is 59.3 Å². The number of fused-ring (bicyclic) bond motifs is 1. The van der Waals surface area contributed by atoms with E-state index in [9.17, 15) is 9.59 Å². The molecule has 0 aliphatic carbocycles. The zero-order valence-corrected chi connectivity index (χ0v) is 16.2. The monoisotopic (exact) mass is 376 g/mol. The third-order valence-corrected chi connectivity index (χ3v) is 5.28. The second-order valence-corrected chi connectivity index (χ2v) is 7.60. The molecule has 6 nitrogen and oxygen atoms in total. The van der Waals surface area contributed by atoms with Gasteiger partial charge in [0.25, 0.3) is 5.91 Å². The highest BCUT2D eigenvalue weighted by Crippen LogP contribution is 2.24. The fourth-order valence-corrected chi connectivity index (χ4v) is 3.96. The standard InChI is InChI=1S/C22H24N4O2/c1-14-9-15(2)11-18(10-14)22(28)26-8-4-6-17(13-26)21(27)24-19-7-3-5-16-12-23-25-20(16)19/h3,5,7,9-12,17H,4,6,8,13H2,1-2H3,(H,23,25)(H,24,27). The number of benzene rings is 2. The second kappa shape index (κ2) is 7.46. The Morgan fingerprint density at radius 2 is 1.96 bits per heavy atom. The maximum atomic E-state index is 13.0. The Labute approximate surface area is 163 Å². The van der Waals surface area contributed by atoms with Crippen molar-refractivity contribution in [3.63, 3.8) is 0 Å². The molecule has 1 unspecified atom stereocenters. The van der Waals surface area contributed by atoms with Gasteiger partial charge in [0.1, 0.15) is 0 Å². The van der Waals surface area contributed by atoms with E-state index in [0.717, 1.165) is 40.6 Å². The topological polar surface area (TPSA) is 78.1 Å². The molecule has 3 aromatic rings. The number of piperidine rings is 1. The number of rotatable bonds is 3. The van der Waals surface area contributed by atoms with E-state index in [1.54, 1.807) is 11.1 Å². The van der Waals surface area contributed by atoms with Crippen LogP contribution in [0.4, 0.5) is 5.69 Å². The number of aryl methyl sites for hydroxylation is 2. The minimum Gasteiger partial charge on any atom is -0.338 e. The second-order valence-electron chi connectivity index (χ2n) is 7.60. The van der Waals surface area contributed by atoms with Gasteiger partial charge in [-0.3, -0.25) is 14.7 Å². The molecule has 28 heavy (non-hydrogen) atoms. The molecule has 6 heteroatoms. The number of nitrogens with one attached hydrogen (secondary N) is 2. The maximum Gasteiger partial charge on any atom is 0.253 e. The molecule has 1 aliphatic rings. The Bertz CT molecular complexity index is 1020. The lowest BCUT2D eigenvalue weighted by molar-refractivity contribution is -0.121. The summed E-state index contributed by atoms with van der Waals surface area (Å²) < 4.78 is 0. The number of para-hydroxylation sites is 1. The van der Waals surface area contributed by atoms with Crippen LogP contribution in [0.25, 0.3) is 10.9 Å². The van der Waals surface area contributed by atoms with Crippen LogP contribution in [0.5, 0.6) is 0 Å². The summed E-state index contributed by atoms with van der Waals surface area (Å²) in [6, 6.07) is 11.6. The Morgan fingerprint density at radius 1 is 1.18 bits per heavy atom. The first-order chi connectivity index (χ1) is 13.5. The van der Waals surface area contributed by atoms with Crippen LogP contribution >= 0.6 is 0 Å². The van der Waals surface area contributed by atoms with Crippen LogP contribution in [0.1, 0.15) is 34.3 Å². The summed E-state index contributed by atoms with van der Waals surface area (Å²) in [6.07, 6.45) is 3.33. The van der Waals surface area contributed by atoms with Gasteiger partial charge in [0.2, 0.25) is 5.91 Å². The molecule has 0 bridgehead atoms. The molecule has 1 aliphatic heterocycles. The van der Waals surface area contributed by atoms with Crippen LogP contribution in [0.3, 0.4) is 0 Å². The first kappa shape index (κ1) is 18.2. The lowest BCUT2D eigenvalue weighted by Crippen LogP contribution is -2.43. The normalized spacial score (nSPS) is 16.9. The number of likely N-dealkylation sites (tertiary alicyclic amines) is 1. The SMILES string of the molecule is Cc1cc(C)cc(C(=O)N2CCCC(C(=O)Nc3cccc4cn[nH]c34)C2)c1. The number of nitrogens with zero attached hydrogens (tertiary/aromatic N) is 2. The Morgan fingerprint density at radius 3 is 2.75 bits per heavy atom. The Kier molecular flexibility index (Phi) is 4.86. The van der Waals surface area contributed by atoms with Gasteiger partial charge in [-0.15, -0.1) is 0 Å². The number of aromatic amines is 1. The van der Waals surface area contributed by atoms with E-state index in [1.807, 2.05) is 44.2 Å². The van der Waals surface area contributed by atoms with E-state index in [2.05, 4.69) is 21.6 Å². The van der Waals surface area contributed by atoms with E-state index in [1.165, 1.54) is 0 Å². The summed E-state index contributed by atoms with van der Waals surface area (Å²) >= 11 is 0. The minimum atomic E-state index is -0.221. The number of amides is 2. The third-order valence-electron chi connectivity index (χ3n) is 5.28. The lowest BCUT2D eigenvalue weighted by Gasteiger charge is -2.32. The highest BCUT2D eigenvalue weighted by atomic mass is 16.2. The number of hydrogen-bond donors (Lipinski definition) is 2. The van der Waals surface area contributed by atoms with Gasteiger partial charge in [0.05, 0.1) is 23.3 Å². The van der Waals surface area contributed by atoms with Crippen molar-refractivity contribution >= 4 is 28.4 Å². The van der Waals surface area contributed by atoms with Gasteiger partial charge in [0.15, 0.2) is 0 Å². The molecule has 2 amide bonds. The van der Waals surface area contributed by atoms with Crippen molar-refractivity contribution in [2.24, 2.45) is 5.92 Å². The van der Waals surface area contributed by atoms with E-state index in [4.69, 9.17) is 0 Å². The molecule has 2 heterocycles. The van der Waals surface area contributed by atoms with Crippen LogP contribution < -0.4 is 5.32 Å². The first-order valence-corrected chi connectivity index (χ1v) is 9.62. The van der Waals surface area contributed by atoms with E-state index >= 15 is 0 Å². The smallest absolute Gasteiger partial charge is 0.253 e. The van der Waals surface area contributed by atoms with Gasteiger partial charge in [-0.05, 0) is 44.9 Å². The Balaban J connectivity index is 1.48. The minimum absolute atomic E-state index is 0.0000283. The van der Waals surface area contributed by atoms with Gasteiger partial charge < -0.3 is 10.2 Å². The van der Waals surface area contributed by atoms with Gasteiger partial charge >= 0.3 is 0 Å². The molecule has 2 aromatic carbocycles. The highest BCUT2D eigenvalue weighted by Gasteiger charge is 2.29. The summed E-state index contributed by atoms with van der Waals surface area (Å²) in [5.74, 6) is -0.276. The van der Waals surface area contributed by atoms with Crippen molar-refractivity contribution in [2.75, 3.05) is 18.4 Å². The van der Waals surface area contributed by atoms with Crippen LogP contribution in [0.15, 0.2) is 42.6 Å². The summed E-state index contributed by atoms with van der Waals surface area (Å²) in [5, 5.41) is 10.9. The van der Waals surface area contributed by atoms with Gasteiger partial charge in [-0.2, -0.15) is 5.10 Å². The number of hydrogen-bond acceptors (Lipinski definition) is 3. The average molecular weight is 376 g/mol. The van der Waals surface area contributed by atoms with Crippen molar-refractivity contribution < 1.29 is 9.59 Å². The average Bonchev–Trinajstić information content (AvgIpc) is 3.16. The van der Waals surface area contributed by atoms with Gasteiger partial charge in [0, 0.05) is 24.0 Å². The number of H-pyrrole nitrogens is 1. The molecule has 0 saturated carbocycles. The fraction of sp³-hybridized carbons (Fsp3) is 0.318. The molecule has 0 radical (unpaired) electrons. The van der Waals surface area contributed by atoms with Crippen LogP contribution in [0, 0.1) is 19.8 Å². The lowest BCUT2D eigenvalue weighted by atomic mass is 9.96. The third kappa shape index (κ3) is 3.63. The predicted octanol–water partition coefficient (Wildman–Crippen LogP) is 3.67. The molecule has 1 atom stereocenters. The molecular formula is C22H24N4O2. The van der Waals surface area contributed by atoms with Crippen molar-refractivity contribution in [3.8, 4) is 0 Å². The highest BCUT2D eigenvalue weighted by molar-refractivity contribution is 6.01. The number of anilines is 1. The van der Waals surface area contributed by atoms with Crippen molar-refractivity contribution in [1.29, 1.82) is 0 Å².